The van der Waals surface area contributed by atoms with Gasteiger partial charge in [-0.1, -0.05) is 24.3 Å². The zero-order valence-electron chi connectivity index (χ0n) is 10.7. The highest BCUT2D eigenvalue weighted by Gasteiger charge is 2.31. The van der Waals surface area contributed by atoms with E-state index >= 15 is 0 Å². The minimum Gasteiger partial charge on any atom is -0.469 e. The van der Waals surface area contributed by atoms with Crippen LogP contribution in [-0.4, -0.2) is 11.9 Å². The zero-order chi connectivity index (χ0) is 13.4. The van der Waals surface area contributed by atoms with Gasteiger partial charge in [0, 0.05) is 0 Å². The summed E-state index contributed by atoms with van der Waals surface area (Å²) in [5, 5.41) is 2.99. The lowest BCUT2D eigenvalue weighted by Crippen LogP contribution is -2.40. The Morgan fingerprint density at radius 3 is 2.84 bits per heavy atom. The largest absolute Gasteiger partial charge is 0.469 e. The molecule has 0 radical (unpaired) electrons. The van der Waals surface area contributed by atoms with Gasteiger partial charge in [0.05, 0.1) is 23.9 Å². The molecule has 1 aliphatic carbocycles. The van der Waals surface area contributed by atoms with Gasteiger partial charge in [0.2, 0.25) is 0 Å². The molecule has 4 heteroatoms. The lowest BCUT2D eigenvalue weighted by Gasteiger charge is -2.17. The average Bonchev–Trinajstić information content (AvgIpc) is 2.95. The Morgan fingerprint density at radius 2 is 2.16 bits per heavy atom. The molecule has 1 aliphatic rings. The van der Waals surface area contributed by atoms with Gasteiger partial charge in [0.15, 0.2) is 0 Å². The number of rotatable bonds is 2. The summed E-state index contributed by atoms with van der Waals surface area (Å²) in [5.41, 5.74) is 9.10. The fourth-order valence-corrected chi connectivity index (χ4v) is 2.63. The number of hydrogen-bond donors (Lipinski definition) is 2. The highest BCUT2D eigenvalue weighted by atomic mass is 16.3. The SMILES string of the molecule is Cc1occc1C(=O)N[C@@H]1Cc2ccccc2[C@H]1N. The van der Waals surface area contributed by atoms with Crippen LogP contribution in [0.5, 0.6) is 0 Å². The van der Waals surface area contributed by atoms with Crippen molar-refractivity contribution in [2.75, 3.05) is 0 Å². The molecule has 0 saturated heterocycles. The molecule has 4 nitrogen and oxygen atoms in total. The highest BCUT2D eigenvalue weighted by Crippen LogP contribution is 2.29. The number of furan rings is 1. The third kappa shape index (κ3) is 2.04. The van der Waals surface area contributed by atoms with Gasteiger partial charge in [-0.15, -0.1) is 0 Å². The quantitative estimate of drug-likeness (QED) is 0.862. The third-order valence-electron chi connectivity index (χ3n) is 3.71. The number of amides is 1. The molecule has 1 aromatic heterocycles. The molecule has 0 bridgehead atoms. The molecule has 3 rings (SSSR count). The Hall–Kier alpha value is -2.07. The van der Waals surface area contributed by atoms with E-state index in [1.165, 1.54) is 11.8 Å². The van der Waals surface area contributed by atoms with Gasteiger partial charge < -0.3 is 15.5 Å². The molecule has 0 fully saturated rings. The van der Waals surface area contributed by atoms with Crippen molar-refractivity contribution < 1.29 is 9.21 Å². The first-order valence-electron chi connectivity index (χ1n) is 6.35. The Balaban J connectivity index is 1.77. The summed E-state index contributed by atoms with van der Waals surface area (Å²) in [4.78, 5) is 12.2. The molecule has 98 valence electrons. The van der Waals surface area contributed by atoms with Gasteiger partial charge >= 0.3 is 0 Å². The molecule has 3 N–H and O–H groups in total. The van der Waals surface area contributed by atoms with Crippen molar-refractivity contribution in [1.82, 2.24) is 5.32 Å². The van der Waals surface area contributed by atoms with Gasteiger partial charge in [-0.25, -0.2) is 0 Å². The van der Waals surface area contributed by atoms with E-state index in [4.69, 9.17) is 10.2 Å². The number of fused-ring (bicyclic) bond motifs is 1. The van der Waals surface area contributed by atoms with Gasteiger partial charge in [-0.05, 0) is 30.5 Å². The van der Waals surface area contributed by atoms with Crippen LogP contribution < -0.4 is 11.1 Å². The van der Waals surface area contributed by atoms with E-state index in [1.807, 2.05) is 18.2 Å². The highest BCUT2D eigenvalue weighted by molar-refractivity contribution is 5.95. The van der Waals surface area contributed by atoms with E-state index in [2.05, 4.69) is 11.4 Å². The van der Waals surface area contributed by atoms with E-state index in [1.54, 1.807) is 13.0 Å². The third-order valence-corrected chi connectivity index (χ3v) is 3.71. The molecule has 0 unspecified atom stereocenters. The number of nitrogens with one attached hydrogen (secondary N) is 1. The number of aryl methyl sites for hydroxylation is 1. The first-order valence-corrected chi connectivity index (χ1v) is 6.35. The molecule has 0 saturated carbocycles. The monoisotopic (exact) mass is 256 g/mol. The Kier molecular flexibility index (Phi) is 2.87. The van der Waals surface area contributed by atoms with Crippen molar-refractivity contribution in [2.24, 2.45) is 5.73 Å². The van der Waals surface area contributed by atoms with Crippen LogP contribution >= 0.6 is 0 Å². The molecule has 2 aromatic rings. The Labute approximate surface area is 111 Å². The summed E-state index contributed by atoms with van der Waals surface area (Å²) in [6.07, 6.45) is 2.30. The maximum Gasteiger partial charge on any atom is 0.255 e. The van der Waals surface area contributed by atoms with Crippen molar-refractivity contribution >= 4 is 5.91 Å². The van der Waals surface area contributed by atoms with Crippen LogP contribution in [0.2, 0.25) is 0 Å². The topological polar surface area (TPSA) is 68.3 Å². The first kappa shape index (κ1) is 12.0. The van der Waals surface area contributed by atoms with Crippen LogP contribution in [0, 0.1) is 6.92 Å². The van der Waals surface area contributed by atoms with Crippen LogP contribution in [0.25, 0.3) is 0 Å². The second-order valence-corrected chi connectivity index (χ2v) is 4.90. The van der Waals surface area contributed by atoms with Crippen molar-refractivity contribution in [1.29, 1.82) is 0 Å². The molecule has 0 spiro atoms. The standard InChI is InChI=1S/C15H16N2O2/c1-9-11(6-7-19-9)15(18)17-13-8-10-4-2-3-5-12(10)14(13)16/h2-7,13-14H,8,16H2,1H3,(H,17,18)/t13-,14-/m1/s1. The second kappa shape index (κ2) is 4.55. The van der Waals surface area contributed by atoms with Gasteiger partial charge in [-0.2, -0.15) is 0 Å². The molecular formula is C15H16N2O2. The lowest BCUT2D eigenvalue weighted by molar-refractivity contribution is 0.0932. The van der Waals surface area contributed by atoms with Crippen LogP contribution in [0.4, 0.5) is 0 Å². The molecule has 1 aromatic carbocycles. The molecule has 1 amide bonds. The lowest BCUT2D eigenvalue weighted by atomic mass is 10.1. The summed E-state index contributed by atoms with van der Waals surface area (Å²) in [7, 11) is 0. The normalized spacial score (nSPS) is 21.2. The minimum absolute atomic E-state index is 0.0563. The molecular weight excluding hydrogens is 240 g/mol. The molecule has 1 heterocycles. The van der Waals surface area contributed by atoms with E-state index < -0.39 is 0 Å². The van der Waals surface area contributed by atoms with E-state index in [0.717, 1.165) is 12.0 Å². The molecule has 2 atom stereocenters. The van der Waals surface area contributed by atoms with E-state index in [9.17, 15) is 4.79 Å². The molecule has 0 aliphatic heterocycles. The fourth-order valence-electron chi connectivity index (χ4n) is 2.63. The van der Waals surface area contributed by atoms with Gasteiger partial charge in [0.25, 0.3) is 5.91 Å². The van der Waals surface area contributed by atoms with Crippen LogP contribution in [0.1, 0.15) is 33.3 Å². The van der Waals surface area contributed by atoms with E-state index in [-0.39, 0.29) is 18.0 Å². The van der Waals surface area contributed by atoms with Crippen LogP contribution in [0.15, 0.2) is 41.0 Å². The van der Waals surface area contributed by atoms with Crippen molar-refractivity contribution in [3.05, 3.63) is 59.0 Å². The van der Waals surface area contributed by atoms with E-state index in [0.29, 0.717) is 11.3 Å². The number of carbonyl (C=O) groups is 1. The molecule has 19 heavy (non-hydrogen) atoms. The van der Waals surface area contributed by atoms with Crippen LogP contribution in [-0.2, 0) is 6.42 Å². The Bertz CT molecular complexity index is 618. The smallest absolute Gasteiger partial charge is 0.255 e. The number of nitrogens with two attached hydrogens (primary N) is 1. The predicted molar refractivity (Wildman–Crippen MR) is 71.8 cm³/mol. The van der Waals surface area contributed by atoms with Crippen molar-refractivity contribution in [3.8, 4) is 0 Å². The summed E-state index contributed by atoms with van der Waals surface area (Å²) >= 11 is 0. The minimum atomic E-state index is -0.146. The summed E-state index contributed by atoms with van der Waals surface area (Å²) < 4.78 is 5.15. The average molecular weight is 256 g/mol. The second-order valence-electron chi connectivity index (χ2n) is 4.90. The first-order chi connectivity index (χ1) is 9.16. The van der Waals surface area contributed by atoms with Crippen molar-refractivity contribution in [2.45, 2.75) is 25.4 Å². The maximum absolute atomic E-state index is 12.2. The summed E-state index contributed by atoms with van der Waals surface area (Å²) in [6, 6.07) is 9.53. The van der Waals surface area contributed by atoms with Gasteiger partial charge in [-0.3, -0.25) is 4.79 Å². The zero-order valence-corrected chi connectivity index (χ0v) is 10.7. The summed E-state index contributed by atoms with van der Waals surface area (Å²) in [5.74, 6) is 0.501. The Morgan fingerprint density at radius 1 is 1.37 bits per heavy atom. The number of carbonyl (C=O) groups excluding carboxylic acids is 1. The van der Waals surface area contributed by atoms with Gasteiger partial charge in [0.1, 0.15) is 5.76 Å². The predicted octanol–water partition coefficient (Wildman–Crippen LogP) is 1.94. The summed E-state index contributed by atoms with van der Waals surface area (Å²) in [6.45, 7) is 1.78. The number of hydrogen-bond acceptors (Lipinski definition) is 3. The maximum atomic E-state index is 12.2. The number of benzene rings is 1. The van der Waals surface area contributed by atoms with Crippen molar-refractivity contribution in [3.63, 3.8) is 0 Å². The van der Waals surface area contributed by atoms with Crippen LogP contribution in [0.3, 0.4) is 0 Å². The fraction of sp³-hybridized carbons (Fsp3) is 0.267.